The minimum Gasteiger partial charge on any atom is -0.469 e. The van der Waals surface area contributed by atoms with Gasteiger partial charge in [-0.25, -0.2) is 0 Å². The molecule has 0 unspecified atom stereocenters. The lowest BCUT2D eigenvalue weighted by Crippen LogP contribution is -2.46. The second-order valence-corrected chi connectivity index (χ2v) is 5.66. The summed E-state index contributed by atoms with van der Waals surface area (Å²) in [5.74, 6) is -0.670. The lowest BCUT2D eigenvalue weighted by atomic mass is 9.84. The first-order chi connectivity index (χ1) is 10.1. The standard InChI is InChI=1S/C17H23NO3/c1-12(13-8-4-3-5-9-13)16(19)18-15-11-7-6-10-14(15)17(20)21-2/h3-5,8-9,12,14-15H,6-7,10-11H2,1-2H3,(H,18,19)/t12-,14-,15+/m1/s1. The Morgan fingerprint density at radius 2 is 1.86 bits per heavy atom. The van der Waals surface area contributed by atoms with Gasteiger partial charge in [0.15, 0.2) is 0 Å². The normalized spacial score (nSPS) is 23.1. The van der Waals surface area contributed by atoms with Crippen molar-refractivity contribution < 1.29 is 14.3 Å². The highest BCUT2D eigenvalue weighted by Gasteiger charge is 2.33. The third-order valence-corrected chi connectivity index (χ3v) is 4.29. The molecule has 0 bridgehead atoms. The zero-order valence-corrected chi connectivity index (χ0v) is 12.7. The van der Waals surface area contributed by atoms with Gasteiger partial charge in [-0.2, -0.15) is 0 Å². The molecule has 0 aliphatic heterocycles. The van der Waals surface area contributed by atoms with E-state index >= 15 is 0 Å². The highest BCUT2D eigenvalue weighted by Crippen LogP contribution is 2.26. The SMILES string of the molecule is COC(=O)[C@@H]1CCCC[C@@H]1NC(=O)[C@H](C)c1ccccc1. The van der Waals surface area contributed by atoms with E-state index < -0.39 is 0 Å². The number of carbonyl (C=O) groups excluding carboxylic acids is 2. The van der Waals surface area contributed by atoms with Crippen molar-refractivity contribution >= 4 is 11.9 Å². The van der Waals surface area contributed by atoms with Crippen LogP contribution in [-0.2, 0) is 14.3 Å². The Labute approximate surface area is 125 Å². The number of benzene rings is 1. The number of amides is 1. The van der Waals surface area contributed by atoms with E-state index in [0.29, 0.717) is 0 Å². The molecule has 1 aromatic carbocycles. The molecule has 2 rings (SSSR count). The molecule has 0 aromatic heterocycles. The van der Waals surface area contributed by atoms with Crippen molar-refractivity contribution in [1.29, 1.82) is 0 Å². The van der Waals surface area contributed by atoms with Crippen LogP contribution in [0.3, 0.4) is 0 Å². The van der Waals surface area contributed by atoms with Crippen molar-refractivity contribution in [1.82, 2.24) is 5.32 Å². The molecule has 3 atom stereocenters. The molecule has 1 aliphatic rings. The minimum atomic E-state index is -0.216. The van der Waals surface area contributed by atoms with E-state index in [1.807, 2.05) is 37.3 Å². The molecule has 0 radical (unpaired) electrons. The Bertz CT molecular complexity index is 486. The van der Waals surface area contributed by atoms with Crippen LogP contribution >= 0.6 is 0 Å². The van der Waals surface area contributed by atoms with E-state index in [4.69, 9.17) is 4.74 Å². The summed E-state index contributed by atoms with van der Waals surface area (Å²) in [7, 11) is 1.41. The van der Waals surface area contributed by atoms with Gasteiger partial charge in [0.25, 0.3) is 0 Å². The van der Waals surface area contributed by atoms with Gasteiger partial charge in [-0.15, -0.1) is 0 Å². The van der Waals surface area contributed by atoms with Crippen LogP contribution in [0.15, 0.2) is 30.3 Å². The van der Waals surface area contributed by atoms with Gasteiger partial charge in [-0.3, -0.25) is 9.59 Å². The number of hydrogen-bond acceptors (Lipinski definition) is 3. The summed E-state index contributed by atoms with van der Waals surface area (Å²) >= 11 is 0. The average molecular weight is 289 g/mol. The summed E-state index contributed by atoms with van der Waals surface area (Å²) in [6, 6.07) is 9.58. The first-order valence-electron chi connectivity index (χ1n) is 7.56. The minimum absolute atomic E-state index is 0.0259. The number of esters is 1. The van der Waals surface area contributed by atoms with E-state index in [1.165, 1.54) is 7.11 Å². The number of hydrogen-bond donors (Lipinski definition) is 1. The quantitative estimate of drug-likeness (QED) is 0.867. The highest BCUT2D eigenvalue weighted by molar-refractivity contribution is 5.84. The molecule has 0 spiro atoms. The molecule has 1 amide bonds. The molecule has 21 heavy (non-hydrogen) atoms. The Kier molecular flexibility index (Phi) is 5.37. The van der Waals surface area contributed by atoms with Crippen molar-refractivity contribution in [2.45, 2.75) is 44.6 Å². The molecule has 1 saturated carbocycles. The number of carbonyl (C=O) groups is 2. The van der Waals surface area contributed by atoms with Crippen molar-refractivity contribution in [3.8, 4) is 0 Å². The molecule has 0 heterocycles. The maximum Gasteiger partial charge on any atom is 0.310 e. The number of methoxy groups -OCH3 is 1. The van der Waals surface area contributed by atoms with Crippen LogP contribution in [0.5, 0.6) is 0 Å². The molecular weight excluding hydrogens is 266 g/mol. The van der Waals surface area contributed by atoms with Gasteiger partial charge in [-0.1, -0.05) is 43.2 Å². The Hall–Kier alpha value is -1.84. The van der Waals surface area contributed by atoms with Crippen LogP contribution in [0.4, 0.5) is 0 Å². The van der Waals surface area contributed by atoms with Crippen LogP contribution in [0.1, 0.15) is 44.1 Å². The maximum atomic E-state index is 12.4. The van der Waals surface area contributed by atoms with E-state index in [0.717, 1.165) is 31.2 Å². The molecule has 114 valence electrons. The second kappa shape index (κ2) is 7.25. The van der Waals surface area contributed by atoms with Gasteiger partial charge in [0.2, 0.25) is 5.91 Å². The van der Waals surface area contributed by atoms with Gasteiger partial charge in [0, 0.05) is 6.04 Å². The first kappa shape index (κ1) is 15.5. The predicted molar refractivity (Wildman–Crippen MR) is 80.8 cm³/mol. The first-order valence-corrected chi connectivity index (χ1v) is 7.56. The maximum absolute atomic E-state index is 12.4. The zero-order chi connectivity index (χ0) is 15.2. The number of ether oxygens (including phenoxy) is 1. The van der Waals surface area contributed by atoms with Crippen molar-refractivity contribution in [3.63, 3.8) is 0 Å². The molecule has 1 aromatic rings. The smallest absolute Gasteiger partial charge is 0.310 e. The summed E-state index contributed by atoms with van der Waals surface area (Å²) in [4.78, 5) is 24.2. The highest BCUT2D eigenvalue weighted by atomic mass is 16.5. The van der Waals surface area contributed by atoms with E-state index in [-0.39, 0.29) is 29.8 Å². The van der Waals surface area contributed by atoms with E-state index in [9.17, 15) is 9.59 Å². The van der Waals surface area contributed by atoms with Gasteiger partial charge in [0.1, 0.15) is 0 Å². The predicted octanol–water partition coefficient (Wildman–Crippen LogP) is 2.64. The van der Waals surface area contributed by atoms with Crippen LogP contribution in [0, 0.1) is 5.92 Å². The van der Waals surface area contributed by atoms with Crippen molar-refractivity contribution in [2.75, 3.05) is 7.11 Å². The lowest BCUT2D eigenvalue weighted by Gasteiger charge is -2.31. The van der Waals surface area contributed by atoms with Crippen LogP contribution < -0.4 is 5.32 Å². The fourth-order valence-corrected chi connectivity index (χ4v) is 2.94. The summed E-state index contributed by atoms with van der Waals surface area (Å²) < 4.78 is 4.86. The van der Waals surface area contributed by atoms with Gasteiger partial charge >= 0.3 is 5.97 Å². The second-order valence-electron chi connectivity index (χ2n) is 5.66. The zero-order valence-electron chi connectivity index (χ0n) is 12.7. The third-order valence-electron chi connectivity index (χ3n) is 4.29. The largest absolute Gasteiger partial charge is 0.469 e. The fraction of sp³-hybridized carbons (Fsp3) is 0.529. The van der Waals surface area contributed by atoms with Crippen molar-refractivity contribution in [2.24, 2.45) is 5.92 Å². The van der Waals surface area contributed by atoms with Crippen molar-refractivity contribution in [3.05, 3.63) is 35.9 Å². The molecule has 1 fully saturated rings. The Balaban J connectivity index is 2.01. The molecule has 1 N–H and O–H groups in total. The monoisotopic (exact) mass is 289 g/mol. The molecule has 4 nitrogen and oxygen atoms in total. The summed E-state index contributed by atoms with van der Waals surface area (Å²) in [6.07, 6.45) is 3.68. The summed E-state index contributed by atoms with van der Waals surface area (Å²) in [5, 5.41) is 3.04. The van der Waals surface area contributed by atoms with Crippen LogP contribution in [-0.4, -0.2) is 25.0 Å². The van der Waals surface area contributed by atoms with Gasteiger partial charge < -0.3 is 10.1 Å². The van der Waals surface area contributed by atoms with Gasteiger partial charge in [-0.05, 0) is 25.3 Å². The van der Waals surface area contributed by atoms with E-state index in [2.05, 4.69) is 5.32 Å². The van der Waals surface area contributed by atoms with Crippen LogP contribution in [0.25, 0.3) is 0 Å². The fourth-order valence-electron chi connectivity index (χ4n) is 2.94. The molecule has 1 aliphatic carbocycles. The van der Waals surface area contributed by atoms with Gasteiger partial charge in [0.05, 0.1) is 18.9 Å². The topological polar surface area (TPSA) is 55.4 Å². The molecule has 4 heteroatoms. The number of rotatable bonds is 4. The Morgan fingerprint density at radius 1 is 1.19 bits per heavy atom. The molecule has 0 saturated heterocycles. The number of nitrogens with one attached hydrogen (secondary N) is 1. The van der Waals surface area contributed by atoms with E-state index in [1.54, 1.807) is 0 Å². The third kappa shape index (κ3) is 3.84. The summed E-state index contributed by atoms with van der Waals surface area (Å²) in [6.45, 7) is 1.89. The Morgan fingerprint density at radius 3 is 2.52 bits per heavy atom. The summed E-state index contributed by atoms with van der Waals surface area (Å²) in [5.41, 5.74) is 0.987. The average Bonchev–Trinajstić information content (AvgIpc) is 2.54. The lowest BCUT2D eigenvalue weighted by molar-refractivity contribution is -0.147. The van der Waals surface area contributed by atoms with Crippen LogP contribution in [0.2, 0.25) is 0 Å². The molecular formula is C17H23NO3.